The topological polar surface area (TPSA) is 37.4 Å². The van der Waals surface area contributed by atoms with Gasteiger partial charge in [-0.15, -0.1) is 0 Å². The van der Waals surface area contributed by atoms with Gasteiger partial charge in [-0.05, 0) is 33.6 Å². The summed E-state index contributed by atoms with van der Waals surface area (Å²) in [6.45, 7) is 5.53. The normalized spacial score (nSPS) is 27.2. The van der Waals surface area contributed by atoms with Gasteiger partial charge < -0.3 is 4.90 Å². The van der Waals surface area contributed by atoms with E-state index in [1.807, 2.05) is 13.8 Å². The minimum absolute atomic E-state index is 0.0904. The van der Waals surface area contributed by atoms with E-state index < -0.39 is 0 Å². The van der Waals surface area contributed by atoms with Gasteiger partial charge in [0.15, 0.2) is 5.78 Å². The molecular weight excluding hydrogens is 154 g/mol. The highest BCUT2D eigenvalue weighted by Crippen LogP contribution is 2.31. The van der Waals surface area contributed by atoms with Gasteiger partial charge in [-0.25, -0.2) is 0 Å². The lowest BCUT2D eigenvalue weighted by atomic mass is 10.0. The molecule has 0 radical (unpaired) electrons. The third-order valence-corrected chi connectivity index (χ3v) is 2.65. The molecule has 3 nitrogen and oxygen atoms in total. The smallest absolute Gasteiger partial charge is 0.210 e. The highest BCUT2D eigenvalue weighted by Gasteiger charge is 2.40. The van der Waals surface area contributed by atoms with Gasteiger partial charge in [0.1, 0.15) is 0 Å². The second-order valence-corrected chi connectivity index (χ2v) is 3.99. The summed E-state index contributed by atoms with van der Waals surface area (Å²) in [5.74, 6) is 0.0904. The Bertz CT molecular complexity index is 211. The molecule has 0 unspecified atom stereocenters. The predicted molar refractivity (Wildman–Crippen MR) is 45.7 cm³/mol. The van der Waals surface area contributed by atoms with Crippen LogP contribution in [0.3, 0.4) is 0 Å². The number of carbonyl (C=O) groups is 2. The first kappa shape index (κ1) is 9.23. The lowest BCUT2D eigenvalue weighted by Crippen LogP contribution is -2.44. The molecule has 0 spiro atoms. The van der Waals surface area contributed by atoms with Crippen LogP contribution in [0.1, 0.15) is 33.6 Å². The van der Waals surface area contributed by atoms with Crippen LogP contribution >= 0.6 is 0 Å². The third-order valence-electron chi connectivity index (χ3n) is 2.65. The molecule has 1 fully saturated rings. The zero-order valence-electron chi connectivity index (χ0n) is 7.83. The molecule has 1 saturated heterocycles. The minimum Gasteiger partial charge on any atom is -0.330 e. The van der Waals surface area contributed by atoms with Gasteiger partial charge in [-0.3, -0.25) is 9.59 Å². The molecule has 0 aromatic heterocycles. The van der Waals surface area contributed by atoms with Crippen LogP contribution < -0.4 is 0 Å². The summed E-state index contributed by atoms with van der Waals surface area (Å²) in [6, 6.07) is -0.183. The average molecular weight is 169 g/mol. The molecule has 0 bridgehead atoms. The first-order chi connectivity index (χ1) is 5.49. The maximum atomic E-state index is 11.1. The first-order valence-electron chi connectivity index (χ1n) is 4.23. The van der Waals surface area contributed by atoms with Crippen molar-refractivity contribution in [2.45, 2.75) is 45.2 Å². The first-order valence-corrected chi connectivity index (χ1v) is 4.23. The van der Waals surface area contributed by atoms with Crippen molar-refractivity contribution in [3.8, 4) is 0 Å². The molecule has 0 aliphatic carbocycles. The minimum atomic E-state index is -0.183. The average Bonchev–Trinajstić information content (AvgIpc) is 2.24. The Kier molecular flexibility index (Phi) is 2.22. The molecule has 3 heteroatoms. The molecule has 1 aliphatic heterocycles. The second-order valence-electron chi connectivity index (χ2n) is 3.99. The van der Waals surface area contributed by atoms with E-state index in [-0.39, 0.29) is 17.4 Å². The van der Waals surface area contributed by atoms with E-state index in [4.69, 9.17) is 0 Å². The number of likely N-dealkylation sites (tertiary alicyclic amines) is 1. The maximum absolute atomic E-state index is 11.1. The maximum Gasteiger partial charge on any atom is 0.210 e. The predicted octanol–water partition coefficient (Wildman–Crippen LogP) is 0.975. The molecule has 1 aliphatic rings. The van der Waals surface area contributed by atoms with Crippen molar-refractivity contribution < 1.29 is 9.59 Å². The lowest BCUT2D eigenvalue weighted by molar-refractivity contribution is -0.131. The third kappa shape index (κ3) is 1.36. The number of amides is 1. The van der Waals surface area contributed by atoms with Gasteiger partial charge in [-0.2, -0.15) is 0 Å². The zero-order chi connectivity index (χ0) is 9.35. The summed E-state index contributed by atoms with van der Waals surface area (Å²) in [7, 11) is 0. The number of carbonyl (C=O) groups excluding carboxylic acids is 2. The highest BCUT2D eigenvalue weighted by molar-refractivity contribution is 5.84. The fourth-order valence-corrected chi connectivity index (χ4v) is 1.80. The van der Waals surface area contributed by atoms with Gasteiger partial charge >= 0.3 is 0 Å². The van der Waals surface area contributed by atoms with Crippen molar-refractivity contribution in [1.82, 2.24) is 4.90 Å². The van der Waals surface area contributed by atoms with E-state index in [0.717, 1.165) is 19.3 Å². The Morgan fingerprint density at radius 2 is 2.17 bits per heavy atom. The van der Waals surface area contributed by atoms with Crippen molar-refractivity contribution in [2.75, 3.05) is 0 Å². The van der Waals surface area contributed by atoms with Gasteiger partial charge in [0, 0.05) is 5.54 Å². The standard InChI is InChI=1S/C9H15NO2/c1-7(12)8-4-5-9(2,3)10(8)6-11/h6,8H,4-5H2,1-3H3/t8-/m0/s1. The van der Waals surface area contributed by atoms with Crippen molar-refractivity contribution in [1.29, 1.82) is 0 Å². The number of ketones is 1. The van der Waals surface area contributed by atoms with E-state index in [1.165, 1.54) is 0 Å². The molecule has 1 rings (SSSR count). The van der Waals surface area contributed by atoms with Crippen LogP contribution in [0.25, 0.3) is 0 Å². The number of hydrogen-bond donors (Lipinski definition) is 0. The van der Waals surface area contributed by atoms with Crippen molar-refractivity contribution in [2.24, 2.45) is 0 Å². The van der Waals surface area contributed by atoms with Crippen LogP contribution in [-0.2, 0) is 9.59 Å². The van der Waals surface area contributed by atoms with Crippen LogP contribution in [0.4, 0.5) is 0 Å². The van der Waals surface area contributed by atoms with Gasteiger partial charge in [0.05, 0.1) is 6.04 Å². The molecule has 68 valence electrons. The fourth-order valence-electron chi connectivity index (χ4n) is 1.80. The van der Waals surface area contributed by atoms with Crippen LogP contribution in [0.15, 0.2) is 0 Å². The quantitative estimate of drug-likeness (QED) is 0.578. The van der Waals surface area contributed by atoms with Crippen LogP contribution in [0.5, 0.6) is 0 Å². The van der Waals surface area contributed by atoms with Crippen LogP contribution in [0, 0.1) is 0 Å². The number of nitrogens with zero attached hydrogens (tertiary/aromatic N) is 1. The van der Waals surface area contributed by atoms with E-state index >= 15 is 0 Å². The zero-order valence-corrected chi connectivity index (χ0v) is 7.83. The van der Waals surface area contributed by atoms with E-state index in [9.17, 15) is 9.59 Å². The summed E-state index contributed by atoms with van der Waals surface area (Å²) >= 11 is 0. The van der Waals surface area contributed by atoms with Crippen LogP contribution in [-0.4, -0.2) is 28.7 Å². The Morgan fingerprint density at radius 1 is 1.58 bits per heavy atom. The molecule has 1 atom stereocenters. The molecule has 1 amide bonds. The molecule has 0 aromatic carbocycles. The fraction of sp³-hybridized carbons (Fsp3) is 0.778. The van der Waals surface area contributed by atoms with E-state index in [2.05, 4.69) is 0 Å². The Balaban J connectivity index is 2.83. The van der Waals surface area contributed by atoms with Gasteiger partial charge in [-0.1, -0.05) is 0 Å². The number of hydrogen-bond acceptors (Lipinski definition) is 2. The highest BCUT2D eigenvalue weighted by atomic mass is 16.1. The Morgan fingerprint density at radius 3 is 2.50 bits per heavy atom. The van der Waals surface area contributed by atoms with Gasteiger partial charge in [0.25, 0.3) is 0 Å². The Hall–Kier alpha value is -0.860. The molecule has 0 N–H and O–H groups in total. The lowest BCUT2D eigenvalue weighted by Gasteiger charge is -2.31. The second kappa shape index (κ2) is 2.88. The van der Waals surface area contributed by atoms with Crippen molar-refractivity contribution >= 4 is 12.2 Å². The number of Topliss-reactive ketones (excluding diaryl/α,β-unsaturated/α-hetero) is 1. The summed E-state index contributed by atoms with van der Waals surface area (Å²) in [5.41, 5.74) is -0.141. The molecule has 12 heavy (non-hydrogen) atoms. The Labute approximate surface area is 72.7 Å². The molecular formula is C9H15NO2. The summed E-state index contributed by atoms with van der Waals surface area (Å²) < 4.78 is 0. The summed E-state index contributed by atoms with van der Waals surface area (Å²) in [6.07, 6.45) is 2.51. The van der Waals surface area contributed by atoms with E-state index in [0.29, 0.717) is 0 Å². The monoisotopic (exact) mass is 169 g/mol. The summed E-state index contributed by atoms with van der Waals surface area (Å²) in [4.78, 5) is 23.4. The summed E-state index contributed by atoms with van der Waals surface area (Å²) in [5, 5.41) is 0. The number of rotatable bonds is 2. The van der Waals surface area contributed by atoms with Crippen molar-refractivity contribution in [3.63, 3.8) is 0 Å². The van der Waals surface area contributed by atoms with Gasteiger partial charge in [0.2, 0.25) is 6.41 Å². The molecule has 1 heterocycles. The largest absolute Gasteiger partial charge is 0.330 e. The van der Waals surface area contributed by atoms with Crippen LogP contribution in [0.2, 0.25) is 0 Å². The molecule has 0 aromatic rings. The SMILES string of the molecule is CC(=O)[C@@H]1CCC(C)(C)N1C=O. The molecule has 0 saturated carbocycles. The van der Waals surface area contributed by atoms with Crippen molar-refractivity contribution in [3.05, 3.63) is 0 Å². The van der Waals surface area contributed by atoms with E-state index in [1.54, 1.807) is 11.8 Å².